The summed E-state index contributed by atoms with van der Waals surface area (Å²) < 4.78 is 0. The standard InChI is InChI=1S/C12H18N2OS/c1-9-7-13-8-11(9)12(15)14-5-4-10-3-2-6-16-10/h2-3,6,9,11,13H,4-5,7-8H2,1H3,(H,14,15). The van der Waals surface area contributed by atoms with Crippen molar-refractivity contribution in [3.05, 3.63) is 22.4 Å². The lowest BCUT2D eigenvalue weighted by molar-refractivity contribution is -0.125. The summed E-state index contributed by atoms with van der Waals surface area (Å²) in [5.74, 6) is 0.819. The van der Waals surface area contributed by atoms with Crippen LogP contribution in [0.5, 0.6) is 0 Å². The number of nitrogens with one attached hydrogen (secondary N) is 2. The molecule has 0 bridgehead atoms. The van der Waals surface area contributed by atoms with Crippen LogP contribution in [0.3, 0.4) is 0 Å². The highest BCUT2D eigenvalue weighted by molar-refractivity contribution is 7.09. The van der Waals surface area contributed by atoms with Crippen LogP contribution in [0.25, 0.3) is 0 Å². The van der Waals surface area contributed by atoms with Gasteiger partial charge >= 0.3 is 0 Å². The average molecular weight is 238 g/mol. The van der Waals surface area contributed by atoms with Crippen molar-refractivity contribution in [3.63, 3.8) is 0 Å². The van der Waals surface area contributed by atoms with Crippen LogP contribution in [-0.2, 0) is 11.2 Å². The first-order valence-corrected chi connectivity index (χ1v) is 6.66. The smallest absolute Gasteiger partial charge is 0.224 e. The lowest BCUT2D eigenvalue weighted by atomic mass is 9.97. The number of rotatable bonds is 4. The van der Waals surface area contributed by atoms with E-state index in [-0.39, 0.29) is 11.8 Å². The third kappa shape index (κ3) is 2.83. The molecule has 2 rings (SSSR count). The summed E-state index contributed by atoms with van der Waals surface area (Å²) in [5, 5.41) is 8.34. The molecule has 88 valence electrons. The van der Waals surface area contributed by atoms with Crippen LogP contribution < -0.4 is 10.6 Å². The van der Waals surface area contributed by atoms with Crippen LogP contribution in [-0.4, -0.2) is 25.5 Å². The molecule has 1 amide bonds. The predicted molar refractivity (Wildman–Crippen MR) is 66.6 cm³/mol. The fourth-order valence-electron chi connectivity index (χ4n) is 2.06. The van der Waals surface area contributed by atoms with Crippen molar-refractivity contribution in [3.8, 4) is 0 Å². The lowest BCUT2D eigenvalue weighted by Crippen LogP contribution is -2.35. The molecule has 1 aromatic rings. The van der Waals surface area contributed by atoms with Gasteiger partial charge in [-0.05, 0) is 30.3 Å². The van der Waals surface area contributed by atoms with Crippen molar-refractivity contribution in [2.75, 3.05) is 19.6 Å². The summed E-state index contributed by atoms with van der Waals surface area (Å²) in [7, 11) is 0. The van der Waals surface area contributed by atoms with Gasteiger partial charge in [-0.15, -0.1) is 11.3 Å². The van der Waals surface area contributed by atoms with Crippen molar-refractivity contribution in [1.29, 1.82) is 0 Å². The maximum absolute atomic E-state index is 11.8. The molecule has 1 fully saturated rings. The van der Waals surface area contributed by atoms with Crippen LogP contribution in [0.15, 0.2) is 17.5 Å². The maximum Gasteiger partial charge on any atom is 0.224 e. The van der Waals surface area contributed by atoms with Gasteiger partial charge in [0.05, 0.1) is 5.92 Å². The summed E-state index contributed by atoms with van der Waals surface area (Å²) >= 11 is 1.74. The number of carbonyl (C=O) groups is 1. The molecule has 2 N–H and O–H groups in total. The van der Waals surface area contributed by atoms with Crippen LogP contribution in [0.1, 0.15) is 11.8 Å². The third-order valence-electron chi connectivity index (χ3n) is 3.10. The van der Waals surface area contributed by atoms with Crippen LogP contribution in [0, 0.1) is 11.8 Å². The quantitative estimate of drug-likeness (QED) is 0.829. The summed E-state index contributed by atoms with van der Waals surface area (Å²) in [5.41, 5.74) is 0. The molecule has 16 heavy (non-hydrogen) atoms. The van der Waals surface area contributed by atoms with Crippen molar-refractivity contribution in [2.45, 2.75) is 13.3 Å². The Bertz CT molecular complexity index is 337. The highest BCUT2D eigenvalue weighted by Gasteiger charge is 2.28. The van der Waals surface area contributed by atoms with Crippen LogP contribution >= 0.6 is 11.3 Å². The normalized spacial score (nSPS) is 24.6. The lowest BCUT2D eigenvalue weighted by Gasteiger charge is -2.13. The Hall–Kier alpha value is -0.870. The minimum atomic E-state index is 0.156. The Labute approximate surface area is 100 Å². The first-order valence-electron chi connectivity index (χ1n) is 5.78. The van der Waals surface area contributed by atoms with E-state index in [4.69, 9.17) is 0 Å². The van der Waals surface area contributed by atoms with Crippen molar-refractivity contribution < 1.29 is 4.79 Å². The number of hydrogen-bond donors (Lipinski definition) is 2. The highest BCUT2D eigenvalue weighted by atomic mass is 32.1. The Morgan fingerprint density at radius 3 is 3.12 bits per heavy atom. The monoisotopic (exact) mass is 238 g/mol. The average Bonchev–Trinajstić information content (AvgIpc) is 2.88. The van der Waals surface area contributed by atoms with Crippen LogP contribution in [0.2, 0.25) is 0 Å². The molecule has 2 unspecified atom stereocenters. The molecule has 3 nitrogen and oxygen atoms in total. The molecule has 1 aliphatic rings. The van der Waals surface area contributed by atoms with Gasteiger partial charge in [0.25, 0.3) is 0 Å². The Morgan fingerprint density at radius 1 is 1.62 bits per heavy atom. The molecule has 0 aliphatic carbocycles. The SMILES string of the molecule is CC1CNCC1C(=O)NCCc1cccs1. The van der Waals surface area contributed by atoms with E-state index in [1.807, 2.05) is 6.07 Å². The van der Waals surface area contributed by atoms with Gasteiger partial charge in [0.1, 0.15) is 0 Å². The Morgan fingerprint density at radius 2 is 2.50 bits per heavy atom. The number of thiophene rings is 1. The molecule has 0 spiro atoms. The Balaban J connectivity index is 1.71. The molecular formula is C12H18N2OS. The summed E-state index contributed by atoms with van der Waals surface area (Å²) in [6.07, 6.45) is 0.942. The minimum Gasteiger partial charge on any atom is -0.355 e. The van der Waals surface area contributed by atoms with Crippen LogP contribution in [0.4, 0.5) is 0 Å². The van der Waals surface area contributed by atoms with E-state index in [0.29, 0.717) is 5.92 Å². The second-order valence-electron chi connectivity index (χ2n) is 4.36. The molecular weight excluding hydrogens is 220 g/mol. The van der Waals surface area contributed by atoms with Gasteiger partial charge in [-0.3, -0.25) is 4.79 Å². The van der Waals surface area contributed by atoms with E-state index in [9.17, 15) is 4.79 Å². The zero-order valence-electron chi connectivity index (χ0n) is 9.53. The van der Waals surface area contributed by atoms with Gasteiger partial charge in [0.2, 0.25) is 5.91 Å². The number of carbonyl (C=O) groups excluding carboxylic acids is 1. The zero-order chi connectivity index (χ0) is 11.4. The van der Waals surface area contributed by atoms with E-state index in [2.05, 4.69) is 29.0 Å². The highest BCUT2D eigenvalue weighted by Crippen LogP contribution is 2.15. The summed E-state index contributed by atoms with van der Waals surface area (Å²) in [4.78, 5) is 13.2. The maximum atomic E-state index is 11.8. The molecule has 1 aliphatic heterocycles. The third-order valence-corrected chi connectivity index (χ3v) is 4.04. The van der Waals surface area contributed by atoms with E-state index < -0.39 is 0 Å². The first kappa shape index (κ1) is 11.6. The number of amides is 1. The molecule has 0 aromatic carbocycles. The van der Waals surface area contributed by atoms with Gasteiger partial charge in [-0.1, -0.05) is 13.0 Å². The van der Waals surface area contributed by atoms with Crippen molar-refractivity contribution in [2.24, 2.45) is 11.8 Å². The Kier molecular flexibility index (Phi) is 3.96. The second kappa shape index (κ2) is 5.46. The molecule has 2 heterocycles. The van der Waals surface area contributed by atoms with E-state index in [0.717, 1.165) is 26.1 Å². The summed E-state index contributed by atoms with van der Waals surface area (Å²) in [6, 6.07) is 4.15. The van der Waals surface area contributed by atoms with Crippen molar-refractivity contribution in [1.82, 2.24) is 10.6 Å². The minimum absolute atomic E-state index is 0.156. The molecule has 4 heteroatoms. The fraction of sp³-hybridized carbons (Fsp3) is 0.583. The zero-order valence-corrected chi connectivity index (χ0v) is 10.3. The number of hydrogen-bond acceptors (Lipinski definition) is 3. The second-order valence-corrected chi connectivity index (χ2v) is 5.39. The molecule has 2 atom stereocenters. The predicted octanol–water partition coefficient (Wildman–Crippen LogP) is 1.26. The topological polar surface area (TPSA) is 41.1 Å². The van der Waals surface area contributed by atoms with Gasteiger partial charge in [-0.2, -0.15) is 0 Å². The van der Waals surface area contributed by atoms with E-state index >= 15 is 0 Å². The van der Waals surface area contributed by atoms with Gasteiger partial charge in [0, 0.05) is 18.0 Å². The van der Waals surface area contributed by atoms with Gasteiger partial charge < -0.3 is 10.6 Å². The van der Waals surface area contributed by atoms with Gasteiger partial charge in [0.15, 0.2) is 0 Å². The van der Waals surface area contributed by atoms with Gasteiger partial charge in [-0.25, -0.2) is 0 Å². The van der Waals surface area contributed by atoms with E-state index in [1.54, 1.807) is 11.3 Å². The van der Waals surface area contributed by atoms with Crippen molar-refractivity contribution >= 4 is 17.2 Å². The first-order chi connectivity index (χ1) is 7.77. The molecule has 1 aromatic heterocycles. The summed E-state index contributed by atoms with van der Waals surface area (Å²) in [6.45, 7) is 4.67. The molecule has 1 saturated heterocycles. The fourth-order valence-corrected chi connectivity index (χ4v) is 2.76. The largest absolute Gasteiger partial charge is 0.355 e. The molecule has 0 radical (unpaired) electrons. The molecule has 0 saturated carbocycles. The van der Waals surface area contributed by atoms with E-state index in [1.165, 1.54) is 4.88 Å².